The molecule has 7 nitrogen and oxygen atoms in total. The molecule has 3 aliphatic rings. The minimum atomic E-state index is -0.404. The van der Waals surface area contributed by atoms with Gasteiger partial charge in [0, 0.05) is 35.6 Å². The summed E-state index contributed by atoms with van der Waals surface area (Å²) in [5.41, 5.74) is 3.47. The third-order valence-electron chi connectivity index (χ3n) is 6.27. The Hall–Kier alpha value is -2.06. The SMILES string of the molecule is O=C(NCc1cscn1)[C@@]12CCCCN1CC(Nc1cc(C3CC3)ncn1)C2. The molecule has 2 aromatic heterocycles. The Balaban J connectivity index is 1.28. The van der Waals surface area contributed by atoms with E-state index in [1.54, 1.807) is 23.2 Å². The molecule has 4 heterocycles. The molecule has 1 unspecified atom stereocenters. The number of nitrogens with zero attached hydrogens (tertiary/aromatic N) is 4. The van der Waals surface area contributed by atoms with Crippen LogP contribution in [0.5, 0.6) is 0 Å². The number of thiazole rings is 1. The quantitative estimate of drug-likeness (QED) is 0.778. The minimum absolute atomic E-state index is 0.144. The zero-order valence-corrected chi connectivity index (χ0v) is 16.7. The summed E-state index contributed by atoms with van der Waals surface area (Å²) in [5.74, 6) is 1.65. The molecule has 0 spiro atoms. The van der Waals surface area contributed by atoms with E-state index in [-0.39, 0.29) is 11.9 Å². The van der Waals surface area contributed by atoms with Gasteiger partial charge in [-0.25, -0.2) is 15.0 Å². The Morgan fingerprint density at radius 2 is 2.21 bits per heavy atom. The predicted molar refractivity (Wildman–Crippen MR) is 108 cm³/mol. The highest BCUT2D eigenvalue weighted by atomic mass is 32.1. The molecule has 148 valence electrons. The molecule has 0 radical (unpaired) electrons. The smallest absolute Gasteiger partial charge is 0.240 e. The van der Waals surface area contributed by atoms with E-state index in [1.807, 2.05) is 5.38 Å². The number of aromatic nitrogens is 3. The first-order chi connectivity index (χ1) is 13.7. The Kier molecular flexibility index (Phi) is 4.76. The second kappa shape index (κ2) is 7.40. The van der Waals surface area contributed by atoms with Crippen LogP contribution in [0.25, 0.3) is 0 Å². The average Bonchev–Trinajstić information content (AvgIpc) is 3.30. The first-order valence-corrected chi connectivity index (χ1v) is 11.2. The van der Waals surface area contributed by atoms with Gasteiger partial charge in [0.2, 0.25) is 5.91 Å². The van der Waals surface area contributed by atoms with Crippen molar-refractivity contribution in [1.29, 1.82) is 0 Å². The molecule has 2 atom stereocenters. The standard InChI is InChI=1S/C20H26N6OS/c27-19(21-9-16-11-28-13-24-16)20-5-1-2-6-26(20)10-15(8-20)25-18-7-17(14-3-4-14)22-12-23-18/h7,11-15H,1-6,8-10H2,(H,21,27)(H,22,23,25)/t15?,20-/m0/s1. The summed E-state index contributed by atoms with van der Waals surface area (Å²) < 4.78 is 0. The van der Waals surface area contributed by atoms with Crippen LogP contribution >= 0.6 is 11.3 Å². The summed E-state index contributed by atoms with van der Waals surface area (Å²) in [7, 11) is 0. The summed E-state index contributed by atoms with van der Waals surface area (Å²) >= 11 is 1.56. The lowest BCUT2D eigenvalue weighted by atomic mass is 9.84. The zero-order valence-electron chi connectivity index (χ0n) is 15.9. The van der Waals surface area contributed by atoms with E-state index < -0.39 is 5.54 Å². The van der Waals surface area contributed by atoms with Gasteiger partial charge in [-0.15, -0.1) is 11.3 Å². The van der Waals surface area contributed by atoms with E-state index in [4.69, 9.17) is 0 Å². The second-order valence-electron chi connectivity index (χ2n) is 8.24. The third-order valence-corrected chi connectivity index (χ3v) is 6.91. The summed E-state index contributed by atoms with van der Waals surface area (Å²) in [4.78, 5) is 28.7. The number of amides is 1. The molecule has 28 heavy (non-hydrogen) atoms. The fourth-order valence-corrected chi connectivity index (χ4v) is 5.26. The predicted octanol–water partition coefficient (Wildman–Crippen LogP) is 2.54. The van der Waals surface area contributed by atoms with E-state index in [2.05, 4.69) is 36.6 Å². The van der Waals surface area contributed by atoms with Gasteiger partial charge < -0.3 is 10.6 Å². The van der Waals surface area contributed by atoms with Crippen molar-refractivity contribution in [1.82, 2.24) is 25.2 Å². The molecule has 0 bridgehead atoms. The van der Waals surface area contributed by atoms with Crippen LogP contribution in [-0.2, 0) is 11.3 Å². The molecule has 2 aromatic rings. The van der Waals surface area contributed by atoms with Crippen molar-refractivity contribution in [3.63, 3.8) is 0 Å². The van der Waals surface area contributed by atoms with Crippen LogP contribution in [0.15, 0.2) is 23.3 Å². The molecule has 1 aliphatic carbocycles. The van der Waals surface area contributed by atoms with Gasteiger partial charge in [-0.2, -0.15) is 0 Å². The van der Waals surface area contributed by atoms with E-state index in [0.717, 1.165) is 56.0 Å². The lowest BCUT2D eigenvalue weighted by Gasteiger charge is -2.40. The van der Waals surface area contributed by atoms with E-state index in [9.17, 15) is 4.79 Å². The molecule has 8 heteroatoms. The molecule has 0 aromatic carbocycles. The Labute approximate surface area is 169 Å². The topological polar surface area (TPSA) is 83.0 Å². The number of hydrogen-bond donors (Lipinski definition) is 2. The van der Waals surface area contributed by atoms with Crippen LogP contribution in [0.3, 0.4) is 0 Å². The maximum atomic E-state index is 13.2. The van der Waals surface area contributed by atoms with Gasteiger partial charge in [0.25, 0.3) is 0 Å². The molecular weight excluding hydrogens is 372 g/mol. The number of carbonyl (C=O) groups excluding carboxylic acids is 1. The van der Waals surface area contributed by atoms with E-state index >= 15 is 0 Å². The number of carbonyl (C=O) groups is 1. The fraction of sp³-hybridized carbons (Fsp3) is 0.600. The maximum absolute atomic E-state index is 13.2. The van der Waals surface area contributed by atoms with Gasteiger partial charge in [0.15, 0.2) is 0 Å². The zero-order chi connectivity index (χ0) is 19.0. The van der Waals surface area contributed by atoms with Crippen molar-refractivity contribution in [3.8, 4) is 0 Å². The van der Waals surface area contributed by atoms with Crippen LogP contribution in [0, 0.1) is 0 Å². The summed E-state index contributed by atoms with van der Waals surface area (Å²) in [6, 6.07) is 2.31. The molecular formula is C20H26N6OS. The van der Waals surface area contributed by atoms with Crippen molar-refractivity contribution in [3.05, 3.63) is 34.7 Å². The molecule has 1 amide bonds. The van der Waals surface area contributed by atoms with Crippen molar-refractivity contribution in [2.75, 3.05) is 18.4 Å². The Bertz CT molecular complexity index is 839. The third kappa shape index (κ3) is 3.51. The van der Waals surface area contributed by atoms with Gasteiger partial charge in [-0.05, 0) is 45.1 Å². The number of hydrogen-bond acceptors (Lipinski definition) is 7. The first kappa shape index (κ1) is 18.0. The fourth-order valence-electron chi connectivity index (χ4n) is 4.70. The van der Waals surface area contributed by atoms with Crippen LogP contribution in [0.4, 0.5) is 5.82 Å². The average molecular weight is 399 g/mol. The van der Waals surface area contributed by atoms with Gasteiger partial charge in [-0.1, -0.05) is 0 Å². The van der Waals surface area contributed by atoms with Crippen molar-refractivity contribution >= 4 is 23.1 Å². The lowest BCUT2D eigenvalue weighted by molar-refractivity contribution is -0.134. The second-order valence-corrected chi connectivity index (χ2v) is 8.96. The highest BCUT2D eigenvalue weighted by Gasteiger charge is 2.51. The van der Waals surface area contributed by atoms with Crippen LogP contribution in [0.2, 0.25) is 0 Å². The monoisotopic (exact) mass is 398 g/mol. The first-order valence-electron chi connectivity index (χ1n) is 10.2. The van der Waals surface area contributed by atoms with Crippen molar-refractivity contribution in [2.24, 2.45) is 0 Å². The van der Waals surface area contributed by atoms with Crippen LogP contribution < -0.4 is 10.6 Å². The molecule has 2 N–H and O–H groups in total. The Morgan fingerprint density at radius 1 is 1.29 bits per heavy atom. The van der Waals surface area contributed by atoms with Gasteiger partial charge in [0.1, 0.15) is 17.7 Å². The van der Waals surface area contributed by atoms with Crippen molar-refractivity contribution < 1.29 is 4.79 Å². The highest BCUT2D eigenvalue weighted by molar-refractivity contribution is 7.07. The largest absolute Gasteiger partial charge is 0.366 e. The summed E-state index contributed by atoms with van der Waals surface area (Å²) in [6.07, 6.45) is 8.13. The summed E-state index contributed by atoms with van der Waals surface area (Å²) in [5, 5.41) is 8.72. The van der Waals surface area contributed by atoms with Gasteiger partial charge in [0.05, 0.1) is 17.7 Å². The van der Waals surface area contributed by atoms with Crippen LogP contribution in [-0.4, -0.2) is 50.4 Å². The van der Waals surface area contributed by atoms with Crippen molar-refractivity contribution in [2.45, 2.75) is 62.6 Å². The Morgan fingerprint density at radius 3 is 3.04 bits per heavy atom. The maximum Gasteiger partial charge on any atom is 0.240 e. The van der Waals surface area contributed by atoms with E-state index in [1.165, 1.54) is 12.8 Å². The number of fused-ring (bicyclic) bond motifs is 1. The molecule has 5 rings (SSSR count). The van der Waals surface area contributed by atoms with E-state index in [0.29, 0.717) is 12.5 Å². The normalized spacial score (nSPS) is 27.4. The molecule has 2 aliphatic heterocycles. The molecule has 2 saturated heterocycles. The van der Waals surface area contributed by atoms with Crippen LogP contribution in [0.1, 0.15) is 55.8 Å². The van der Waals surface area contributed by atoms with Gasteiger partial charge in [-0.3, -0.25) is 9.69 Å². The highest BCUT2D eigenvalue weighted by Crippen LogP contribution is 2.41. The molecule has 1 saturated carbocycles. The van der Waals surface area contributed by atoms with Gasteiger partial charge >= 0.3 is 0 Å². The number of nitrogens with one attached hydrogen (secondary N) is 2. The number of rotatable bonds is 6. The number of anilines is 1. The molecule has 3 fully saturated rings. The summed E-state index contributed by atoms with van der Waals surface area (Å²) in [6.45, 7) is 2.37. The minimum Gasteiger partial charge on any atom is -0.366 e. The lowest BCUT2D eigenvalue weighted by Crippen LogP contribution is -2.57. The number of piperidine rings is 1.